The third-order valence-corrected chi connectivity index (χ3v) is 4.63. The lowest BCUT2D eigenvalue weighted by molar-refractivity contribution is -0.384. The first-order valence-electron chi connectivity index (χ1n) is 8.15. The van der Waals surface area contributed by atoms with Crippen LogP contribution < -0.4 is 5.32 Å². The van der Waals surface area contributed by atoms with Gasteiger partial charge in [-0.3, -0.25) is 14.9 Å². The van der Waals surface area contributed by atoms with Crippen LogP contribution in [0.5, 0.6) is 0 Å². The Kier molecular flexibility index (Phi) is 3.41. The van der Waals surface area contributed by atoms with E-state index in [1.165, 1.54) is 12.1 Å². The second kappa shape index (κ2) is 5.51. The van der Waals surface area contributed by atoms with E-state index in [-0.39, 0.29) is 17.4 Å². The number of allylic oxidation sites excluding steroid dienone is 2. The number of carbonyl (C=O) groups excluding carboxylic acids is 1. The minimum absolute atomic E-state index is 0.00630. The van der Waals surface area contributed by atoms with Crippen molar-refractivity contribution in [2.45, 2.75) is 32.7 Å². The summed E-state index contributed by atoms with van der Waals surface area (Å²) in [5, 5.41) is 18.8. The molecule has 0 unspecified atom stereocenters. The molecule has 1 aromatic carbocycles. The number of anilines is 1. The molecule has 0 saturated heterocycles. The normalized spacial score (nSPS) is 22.2. The number of ketones is 1. The van der Waals surface area contributed by atoms with E-state index >= 15 is 0 Å². The topological polar surface area (TPSA) is 103 Å². The number of nitro benzene ring substituents is 1. The minimum Gasteiger partial charge on any atom is -0.328 e. The summed E-state index contributed by atoms with van der Waals surface area (Å²) in [4.78, 5) is 27.9. The van der Waals surface area contributed by atoms with E-state index in [0.29, 0.717) is 29.3 Å². The largest absolute Gasteiger partial charge is 0.328 e. The highest BCUT2D eigenvalue weighted by atomic mass is 16.6. The van der Waals surface area contributed by atoms with Gasteiger partial charge >= 0.3 is 0 Å². The molecule has 0 bridgehead atoms. The summed E-state index contributed by atoms with van der Waals surface area (Å²) < 4.78 is 1.65. The van der Waals surface area contributed by atoms with Gasteiger partial charge in [-0.1, -0.05) is 19.1 Å². The van der Waals surface area contributed by atoms with Crippen LogP contribution in [0.1, 0.15) is 37.2 Å². The summed E-state index contributed by atoms with van der Waals surface area (Å²) in [5.74, 6) is 1.45. The average Bonchev–Trinajstić information content (AvgIpc) is 2.92. The zero-order chi connectivity index (χ0) is 17.7. The van der Waals surface area contributed by atoms with Gasteiger partial charge in [0, 0.05) is 29.8 Å². The van der Waals surface area contributed by atoms with Crippen LogP contribution in [0, 0.1) is 23.0 Å². The molecule has 128 valence electrons. The summed E-state index contributed by atoms with van der Waals surface area (Å²) in [5.41, 5.74) is 2.14. The number of nitro groups is 1. The van der Waals surface area contributed by atoms with Gasteiger partial charge in [-0.05, 0) is 24.8 Å². The number of nitrogens with zero attached hydrogens (tertiary/aromatic N) is 4. The van der Waals surface area contributed by atoms with Crippen LogP contribution in [0.4, 0.5) is 11.6 Å². The highest BCUT2D eigenvalue weighted by Gasteiger charge is 2.38. The van der Waals surface area contributed by atoms with Crippen molar-refractivity contribution < 1.29 is 9.72 Å². The van der Waals surface area contributed by atoms with E-state index in [2.05, 4.69) is 15.4 Å². The summed E-state index contributed by atoms with van der Waals surface area (Å²) in [6.45, 7) is 3.82. The number of benzene rings is 1. The number of non-ortho nitro benzene ring substituents is 1. The van der Waals surface area contributed by atoms with Crippen molar-refractivity contribution in [3.05, 3.63) is 57.0 Å². The molecular weight excluding hydrogens is 322 g/mol. The second-order valence-corrected chi connectivity index (χ2v) is 6.64. The van der Waals surface area contributed by atoms with Crippen LogP contribution in [0.15, 0.2) is 35.5 Å². The van der Waals surface area contributed by atoms with Gasteiger partial charge in [-0.25, -0.2) is 4.68 Å². The van der Waals surface area contributed by atoms with Crippen LogP contribution in [0.2, 0.25) is 0 Å². The van der Waals surface area contributed by atoms with Crippen molar-refractivity contribution in [1.29, 1.82) is 0 Å². The molecule has 25 heavy (non-hydrogen) atoms. The highest BCUT2D eigenvalue weighted by Crippen LogP contribution is 2.41. The fourth-order valence-electron chi connectivity index (χ4n) is 3.63. The second-order valence-electron chi connectivity index (χ2n) is 6.64. The van der Waals surface area contributed by atoms with E-state index in [1.54, 1.807) is 23.7 Å². The molecule has 8 nitrogen and oxygen atoms in total. The fraction of sp³-hybridized carbons (Fsp3) is 0.353. The van der Waals surface area contributed by atoms with E-state index in [9.17, 15) is 14.9 Å². The van der Waals surface area contributed by atoms with Crippen LogP contribution in [0.25, 0.3) is 0 Å². The van der Waals surface area contributed by atoms with Gasteiger partial charge in [0.25, 0.3) is 5.69 Å². The van der Waals surface area contributed by atoms with Crippen molar-refractivity contribution in [3.8, 4) is 0 Å². The molecule has 1 N–H and O–H groups in total. The Hall–Kier alpha value is -3.03. The van der Waals surface area contributed by atoms with Gasteiger partial charge in [0.1, 0.15) is 11.9 Å². The molecule has 8 heteroatoms. The molecule has 1 aliphatic carbocycles. The van der Waals surface area contributed by atoms with Crippen molar-refractivity contribution >= 4 is 17.4 Å². The minimum atomic E-state index is -0.493. The third-order valence-electron chi connectivity index (χ3n) is 4.63. The predicted molar refractivity (Wildman–Crippen MR) is 90.0 cm³/mol. The molecule has 2 heterocycles. The zero-order valence-electron chi connectivity index (χ0n) is 13.9. The predicted octanol–water partition coefficient (Wildman–Crippen LogP) is 2.76. The van der Waals surface area contributed by atoms with E-state index < -0.39 is 11.0 Å². The Morgan fingerprint density at radius 2 is 2.16 bits per heavy atom. The van der Waals surface area contributed by atoms with Crippen LogP contribution in [-0.4, -0.2) is 25.5 Å². The summed E-state index contributed by atoms with van der Waals surface area (Å²) >= 11 is 0. The Balaban J connectivity index is 1.92. The lowest BCUT2D eigenvalue weighted by Crippen LogP contribution is -2.33. The molecule has 0 saturated carbocycles. The number of Topliss-reactive ketones (excluding diaryl/α,β-unsaturated/α-hetero) is 1. The Morgan fingerprint density at radius 1 is 1.36 bits per heavy atom. The Morgan fingerprint density at radius 3 is 2.92 bits per heavy atom. The first kappa shape index (κ1) is 15.5. The van der Waals surface area contributed by atoms with Crippen molar-refractivity contribution in [2.75, 3.05) is 5.32 Å². The van der Waals surface area contributed by atoms with Crippen molar-refractivity contribution in [3.63, 3.8) is 0 Å². The lowest BCUT2D eigenvalue weighted by atomic mass is 9.81. The lowest BCUT2D eigenvalue weighted by Gasteiger charge is -2.34. The highest BCUT2D eigenvalue weighted by molar-refractivity contribution is 5.99. The number of nitrogens with one attached hydrogen (secondary N) is 1. The number of rotatable bonds is 2. The van der Waals surface area contributed by atoms with Gasteiger partial charge in [-0.2, -0.15) is 10.1 Å². The molecule has 2 atom stereocenters. The SMILES string of the molecule is Cc1nc2n(n1)[C@@H](c1cccc([N+](=O)[O-])c1)C1=C(C[C@H](C)CC1=O)N2. The molecule has 0 fully saturated rings. The molecule has 1 aromatic heterocycles. The molecule has 4 rings (SSSR count). The first-order valence-corrected chi connectivity index (χ1v) is 8.15. The molecule has 0 radical (unpaired) electrons. The van der Waals surface area contributed by atoms with Crippen molar-refractivity contribution in [1.82, 2.24) is 14.8 Å². The molecule has 2 aromatic rings. The average molecular weight is 339 g/mol. The summed E-state index contributed by atoms with van der Waals surface area (Å²) in [7, 11) is 0. The van der Waals surface area contributed by atoms with Gasteiger partial charge in [-0.15, -0.1) is 0 Å². The Labute approximate surface area is 143 Å². The maximum Gasteiger partial charge on any atom is 0.269 e. The van der Waals surface area contributed by atoms with Crippen LogP contribution >= 0.6 is 0 Å². The van der Waals surface area contributed by atoms with Crippen LogP contribution in [0.3, 0.4) is 0 Å². The van der Waals surface area contributed by atoms with Gasteiger partial charge in [0.05, 0.1) is 4.92 Å². The quantitative estimate of drug-likeness (QED) is 0.666. The maximum absolute atomic E-state index is 12.8. The smallest absolute Gasteiger partial charge is 0.269 e. The van der Waals surface area contributed by atoms with Gasteiger partial charge in [0.15, 0.2) is 5.78 Å². The van der Waals surface area contributed by atoms with Gasteiger partial charge < -0.3 is 5.32 Å². The van der Waals surface area contributed by atoms with E-state index in [1.807, 2.05) is 6.92 Å². The zero-order valence-corrected chi connectivity index (χ0v) is 13.9. The Bertz CT molecular complexity index is 930. The number of hydrogen-bond acceptors (Lipinski definition) is 6. The summed E-state index contributed by atoms with van der Waals surface area (Å²) in [6, 6.07) is 5.88. The van der Waals surface area contributed by atoms with E-state index in [0.717, 1.165) is 12.1 Å². The fourth-order valence-corrected chi connectivity index (χ4v) is 3.63. The van der Waals surface area contributed by atoms with E-state index in [4.69, 9.17) is 0 Å². The van der Waals surface area contributed by atoms with Crippen molar-refractivity contribution in [2.24, 2.45) is 5.92 Å². The monoisotopic (exact) mass is 339 g/mol. The van der Waals surface area contributed by atoms with Gasteiger partial charge in [0.2, 0.25) is 5.95 Å². The molecule has 1 aliphatic heterocycles. The number of hydrogen-bond donors (Lipinski definition) is 1. The first-order chi connectivity index (χ1) is 11.9. The number of carbonyl (C=O) groups is 1. The molecule has 2 aliphatic rings. The number of aryl methyl sites for hydroxylation is 1. The molecular formula is C17H17N5O3. The third kappa shape index (κ3) is 2.50. The number of aromatic nitrogens is 3. The summed E-state index contributed by atoms with van der Waals surface area (Å²) in [6.07, 6.45) is 1.22. The van der Waals surface area contributed by atoms with Crippen LogP contribution in [-0.2, 0) is 4.79 Å². The number of fused-ring (bicyclic) bond motifs is 1. The molecule has 0 amide bonds. The standard InChI is InChI=1S/C17H17N5O3/c1-9-6-13-15(14(23)7-9)16(21-17(19-13)18-10(2)20-21)11-4-3-5-12(8-11)22(24)25/h3-5,8-9,16H,6-7H2,1-2H3,(H,18,19,20)/t9-,16-/m0/s1. The maximum atomic E-state index is 12.8. The molecule has 0 spiro atoms.